The smallest absolute Gasteiger partial charge is 0.255 e. The number of piperazine rings is 1. The van der Waals surface area contributed by atoms with Gasteiger partial charge in [-0.1, -0.05) is 13.0 Å². The summed E-state index contributed by atoms with van der Waals surface area (Å²) in [4.78, 5) is 44.4. The highest BCUT2D eigenvalue weighted by Gasteiger charge is 2.27. The van der Waals surface area contributed by atoms with Crippen molar-refractivity contribution < 1.29 is 14.0 Å². The first-order chi connectivity index (χ1) is 18.3. The standard InChI is InChI=1S/C28H32FN7O2/c1-4-34-11-13-35(14-12-34)26(37)21-6-8-24(30-16-21)32-28-31-17-23(29)25(33-28)20-5-7-22-19(15-20)9-10-36(18(2)3)27(22)38/h5-8,15-18H,4,9-14H2,1-3H3,(H,30,31,32,33). The van der Waals surface area contributed by atoms with E-state index < -0.39 is 5.82 Å². The molecule has 2 aliphatic heterocycles. The topological polar surface area (TPSA) is 94.6 Å². The number of carbonyl (C=O) groups is 2. The predicted octanol–water partition coefficient (Wildman–Crippen LogP) is 3.61. The average Bonchev–Trinajstić information content (AvgIpc) is 2.94. The molecule has 1 N–H and O–H groups in total. The number of rotatable bonds is 6. The van der Waals surface area contributed by atoms with E-state index in [0.717, 1.165) is 31.4 Å². The van der Waals surface area contributed by atoms with Gasteiger partial charge in [-0.2, -0.15) is 0 Å². The minimum atomic E-state index is -0.557. The van der Waals surface area contributed by atoms with Gasteiger partial charge in [0, 0.05) is 56.1 Å². The molecule has 0 spiro atoms. The molecule has 9 nitrogen and oxygen atoms in total. The fourth-order valence-electron chi connectivity index (χ4n) is 4.93. The molecule has 2 amide bonds. The maximum Gasteiger partial charge on any atom is 0.255 e. The number of likely N-dealkylation sites (N-methyl/N-ethyl adjacent to an activating group) is 1. The Kier molecular flexibility index (Phi) is 7.33. The van der Waals surface area contributed by atoms with E-state index in [1.807, 2.05) is 29.7 Å². The molecule has 38 heavy (non-hydrogen) atoms. The van der Waals surface area contributed by atoms with Crippen molar-refractivity contribution in [2.24, 2.45) is 0 Å². The Bertz CT molecular complexity index is 1340. The first-order valence-electron chi connectivity index (χ1n) is 13.1. The average molecular weight is 518 g/mol. The van der Waals surface area contributed by atoms with E-state index in [0.29, 0.717) is 48.6 Å². The van der Waals surface area contributed by atoms with Crippen molar-refractivity contribution in [2.45, 2.75) is 33.2 Å². The summed E-state index contributed by atoms with van der Waals surface area (Å²) >= 11 is 0. The molecule has 0 atom stereocenters. The van der Waals surface area contributed by atoms with Crippen LogP contribution in [0.15, 0.2) is 42.7 Å². The van der Waals surface area contributed by atoms with Gasteiger partial charge in [0.1, 0.15) is 11.5 Å². The molecule has 3 aromatic rings. The quantitative estimate of drug-likeness (QED) is 0.534. The Labute approximate surface area is 221 Å². The van der Waals surface area contributed by atoms with Gasteiger partial charge in [0.2, 0.25) is 5.95 Å². The summed E-state index contributed by atoms with van der Waals surface area (Å²) in [5.74, 6) is 0.0266. The lowest BCUT2D eigenvalue weighted by molar-refractivity contribution is 0.0642. The third-order valence-corrected chi connectivity index (χ3v) is 7.22. The second kappa shape index (κ2) is 10.8. The van der Waals surface area contributed by atoms with Gasteiger partial charge in [0.25, 0.3) is 11.8 Å². The fourth-order valence-corrected chi connectivity index (χ4v) is 4.93. The summed E-state index contributed by atoms with van der Waals surface area (Å²) in [5, 5.41) is 3.00. The maximum atomic E-state index is 14.7. The van der Waals surface area contributed by atoms with E-state index in [1.54, 1.807) is 24.3 Å². The third kappa shape index (κ3) is 5.22. The lowest BCUT2D eigenvalue weighted by Crippen LogP contribution is -2.48. The second-order valence-electron chi connectivity index (χ2n) is 9.89. The summed E-state index contributed by atoms with van der Waals surface area (Å²) < 4.78 is 14.7. The van der Waals surface area contributed by atoms with Gasteiger partial charge in [-0.3, -0.25) is 9.59 Å². The Balaban J connectivity index is 1.30. The van der Waals surface area contributed by atoms with Gasteiger partial charge in [-0.05, 0) is 56.6 Å². The molecule has 198 valence electrons. The van der Waals surface area contributed by atoms with Crippen LogP contribution in [0.2, 0.25) is 0 Å². The minimum absolute atomic E-state index is 0.00506. The molecular formula is C28H32FN7O2. The van der Waals surface area contributed by atoms with E-state index in [9.17, 15) is 14.0 Å². The first kappa shape index (κ1) is 25.7. The summed E-state index contributed by atoms with van der Waals surface area (Å²) in [5.41, 5.74) is 2.76. The highest BCUT2D eigenvalue weighted by Crippen LogP contribution is 2.28. The van der Waals surface area contributed by atoms with E-state index in [-0.39, 0.29) is 29.5 Å². The predicted molar refractivity (Wildman–Crippen MR) is 143 cm³/mol. The molecule has 1 saturated heterocycles. The fraction of sp³-hybridized carbons (Fsp3) is 0.393. The maximum absolute atomic E-state index is 14.7. The largest absolute Gasteiger partial charge is 0.336 e. The molecule has 1 fully saturated rings. The van der Waals surface area contributed by atoms with Gasteiger partial charge < -0.3 is 20.0 Å². The molecule has 0 bridgehead atoms. The normalized spacial score (nSPS) is 16.1. The Morgan fingerprint density at radius 2 is 1.84 bits per heavy atom. The van der Waals surface area contributed by atoms with Crippen LogP contribution in [0.25, 0.3) is 11.3 Å². The van der Waals surface area contributed by atoms with Gasteiger partial charge in [0.15, 0.2) is 5.82 Å². The number of pyridine rings is 1. The number of halogens is 1. The summed E-state index contributed by atoms with van der Waals surface area (Å²) in [6.45, 7) is 10.9. The molecule has 4 heterocycles. The number of carbonyl (C=O) groups excluding carboxylic acids is 2. The summed E-state index contributed by atoms with van der Waals surface area (Å²) in [6, 6.07) is 8.83. The number of nitrogens with zero attached hydrogens (tertiary/aromatic N) is 6. The Morgan fingerprint density at radius 3 is 2.53 bits per heavy atom. The molecule has 1 aromatic carbocycles. The molecule has 0 saturated carbocycles. The number of aromatic nitrogens is 3. The van der Waals surface area contributed by atoms with E-state index in [4.69, 9.17) is 0 Å². The van der Waals surface area contributed by atoms with Crippen molar-refractivity contribution in [1.29, 1.82) is 0 Å². The van der Waals surface area contributed by atoms with Gasteiger partial charge in [-0.15, -0.1) is 0 Å². The van der Waals surface area contributed by atoms with Crippen LogP contribution >= 0.6 is 0 Å². The van der Waals surface area contributed by atoms with Crippen LogP contribution in [0, 0.1) is 5.82 Å². The van der Waals surface area contributed by atoms with Crippen molar-refractivity contribution >= 4 is 23.6 Å². The first-order valence-corrected chi connectivity index (χ1v) is 13.1. The number of anilines is 2. The van der Waals surface area contributed by atoms with Crippen molar-refractivity contribution in [1.82, 2.24) is 29.7 Å². The van der Waals surface area contributed by atoms with Crippen LogP contribution in [0.1, 0.15) is 47.1 Å². The van der Waals surface area contributed by atoms with Crippen LogP contribution in [0.3, 0.4) is 0 Å². The lowest BCUT2D eigenvalue weighted by atomic mass is 9.95. The van der Waals surface area contributed by atoms with Gasteiger partial charge in [-0.25, -0.2) is 19.3 Å². The zero-order chi connectivity index (χ0) is 26.8. The van der Waals surface area contributed by atoms with Crippen LogP contribution in [0.5, 0.6) is 0 Å². The van der Waals surface area contributed by atoms with Crippen molar-refractivity contribution in [3.05, 3.63) is 65.2 Å². The molecule has 5 rings (SSSR count). The molecular weight excluding hydrogens is 485 g/mol. The van der Waals surface area contributed by atoms with E-state index >= 15 is 0 Å². The van der Waals surface area contributed by atoms with Gasteiger partial charge >= 0.3 is 0 Å². The van der Waals surface area contributed by atoms with Crippen LogP contribution < -0.4 is 5.32 Å². The highest BCUT2D eigenvalue weighted by atomic mass is 19.1. The number of hydrogen-bond acceptors (Lipinski definition) is 7. The number of benzene rings is 1. The second-order valence-corrected chi connectivity index (χ2v) is 9.89. The van der Waals surface area contributed by atoms with Crippen LogP contribution in [0.4, 0.5) is 16.2 Å². The number of fused-ring (bicyclic) bond motifs is 1. The zero-order valence-corrected chi connectivity index (χ0v) is 21.9. The molecule has 0 unspecified atom stereocenters. The van der Waals surface area contributed by atoms with Crippen molar-refractivity contribution in [3.63, 3.8) is 0 Å². The van der Waals surface area contributed by atoms with E-state index in [1.165, 1.54) is 6.20 Å². The molecule has 0 radical (unpaired) electrons. The Hall–Kier alpha value is -3.92. The molecule has 2 aliphatic rings. The molecule has 2 aromatic heterocycles. The van der Waals surface area contributed by atoms with Crippen LogP contribution in [-0.2, 0) is 6.42 Å². The summed E-state index contributed by atoms with van der Waals surface area (Å²) in [6.07, 6.45) is 3.35. The molecule has 10 heteroatoms. The number of hydrogen-bond donors (Lipinski definition) is 1. The van der Waals surface area contributed by atoms with Gasteiger partial charge in [0.05, 0.1) is 11.8 Å². The monoisotopic (exact) mass is 517 g/mol. The number of amides is 2. The highest BCUT2D eigenvalue weighted by molar-refractivity contribution is 5.97. The van der Waals surface area contributed by atoms with Crippen molar-refractivity contribution in [3.8, 4) is 11.3 Å². The molecule has 0 aliphatic carbocycles. The van der Waals surface area contributed by atoms with Crippen molar-refractivity contribution in [2.75, 3.05) is 44.6 Å². The Morgan fingerprint density at radius 1 is 1.05 bits per heavy atom. The minimum Gasteiger partial charge on any atom is -0.336 e. The zero-order valence-electron chi connectivity index (χ0n) is 21.9. The van der Waals surface area contributed by atoms with Crippen LogP contribution in [-0.4, -0.2) is 86.8 Å². The third-order valence-electron chi connectivity index (χ3n) is 7.22. The number of nitrogens with one attached hydrogen (secondary N) is 1. The van der Waals surface area contributed by atoms with E-state index in [2.05, 4.69) is 32.1 Å². The summed E-state index contributed by atoms with van der Waals surface area (Å²) in [7, 11) is 0. The lowest BCUT2D eigenvalue weighted by Gasteiger charge is -2.34. The SMILES string of the molecule is CCN1CCN(C(=O)c2ccc(Nc3ncc(F)c(-c4ccc5c(c4)CCN(C(C)C)C5=O)n3)nc2)CC1.